The fraction of sp³-hybridized carbons (Fsp3) is 0.632. The van der Waals surface area contributed by atoms with E-state index in [0.29, 0.717) is 18.6 Å². The summed E-state index contributed by atoms with van der Waals surface area (Å²) in [6.45, 7) is 5.09. The third kappa shape index (κ3) is 4.48. The molecule has 2 heterocycles. The van der Waals surface area contributed by atoms with Gasteiger partial charge < -0.3 is 20.3 Å². The highest BCUT2D eigenvalue weighted by atomic mass is 16.6. The highest BCUT2D eigenvalue weighted by molar-refractivity contribution is 5.67. The lowest BCUT2D eigenvalue weighted by atomic mass is 9.94. The monoisotopic (exact) mass is 331 g/mol. The second-order valence-corrected chi connectivity index (χ2v) is 6.97. The number of nitrogens with zero attached hydrogens (tertiary/aromatic N) is 2. The molecular weight excluding hydrogens is 302 g/mol. The van der Waals surface area contributed by atoms with Gasteiger partial charge in [0, 0.05) is 19.1 Å². The standard InChI is InChI=1S/C19H29N3O2/c20-14-16-6-10-21(11-7-16)18-8-12-22(13-9-18)19(23)24-15-17-4-2-1-3-5-17/h1-5,16,18H,6-15,20H2. The van der Waals surface area contributed by atoms with Gasteiger partial charge in [-0.1, -0.05) is 30.3 Å². The van der Waals surface area contributed by atoms with Gasteiger partial charge in [0.05, 0.1) is 0 Å². The summed E-state index contributed by atoms with van der Waals surface area (Å²) in [6.07, 6.45) is 4.35. The van der Waals surface area contributed by atoms with Crippen molar-refractivity contribution in [3.05, 3.63) is 35.9 Å². The van der Waals surface area contributed by atoms with Gasteiger partial charge in [-0.05, 0) is 56.8 Å². The molecule has 0 spiro atoms. The Morgan fingerprint density at radius 3 is 2.33 bits per heavy atom. The van der Waals surface area contributed by atoms with Gasteiger partial charge in [-0.15, -0.1) is 0 Å². The number of carbonyl (C=O) groups excluding carboxylic acids is 1. The molecule has 3 rings (SSSR count). The normalized spacial score (nSPS) is 21.0. The van der Waals surface area contributed by atoms with Crippen LogP contribution in [0.2, 0.25) is 0 Å². The van der Waals surface area contributed by atoms with E-state index in [0.717, 1.165) is 51.1 Å². The molecular formula is C19H29N3O2. The maximum Gasteiger partial charge on any atom is 0.410 e. The van der Waals surface area contributed by atoms with Crippen LogP contribution in [0.4, 0.5) is 4.79 Å². The van der Waals surface area contributed by atoms with E-state index in [2.05, 4.69) is 4.90 Å². The van der Waals surface area contributed by atoms with E-state index in [-0.39, 0.29) is 6.09 Å². The number of nitrogens with two attached hydrogens (primary N) is 1. The Balaban J connectivity index is 1.39. The number of benzene rings is 1. The Bertz CT molecular complexity index is 507. The zero-order valence-corrected chi connectivity index (χ0v) is 14.4. The van der Waals surface area contributed by atoms with Crippen molar-refractivity contribution >= 4 is 6.09 Å². The van der Waals surface area contributed by atoms with Crippen molar-refractivity contribution in [2.45, 2.75) is 38.3 Å². The molecule has 5 nitrogen and oxygen atoms in total. The molecule has 132 valence electrons. The number of rotatable bonds is 4. The van der Waals surface area contributed by atoms with Crippen molar-refractivity contribution in [3.8, 4) is 0 Å². The van der Waals surface area contributed by atoms with Crippen LogP contribution >= 0.6 is 0 Å². The molecule has 1 amide bonds. The van der Waals surface area contributed by atoms with E-state index in [1.807, 2.05) is 35.2 Å². The SMILES string of the molecule is NCC1CCN(C2CCN(C(=O)OCc3ccccc3)CC2)CC1. The quantitative estimate of drug-likeness (QED) is 0.921. The van der Waals surface area contributed by atoms with Crippen LogP contribution in [0.3, 0.4) is 0 Å². The number of likely N-dealkylation sites (tertiary alicyclic amines) is 2. The first kappa shape index (κ1) is 17.2. The topological polar surface area (TPSA) is 58.8 Å². The van der Waals surface area contributed by atoms with Crippen LogP contribution in [0.15, 0.2) is 30.3 Å². The van der Waals surface area contributed by atoms with Gasteiger partial charge in [0.2, 0.25) is 0 Å². The Morgan fingerprint density at radius 2 is 1.71 bits per heavy atom. The van der Waals surface area contributed by atoms with Crippen LogP contribution in [0.1, 0.15) is 31.2 Å². The number of amides is 1. The lowest BCUT2D eigenvalue weighted by Crippen LogP contribution is -2.49. The van der Waals surface area contributed by atoms with Crippen LogP contribution in [0.5, 0.6) is 0 Å². The zero-order valence-electron chi connectivity index (χ0n) is 14.4. The first-order valence-corrected chi connectivity index (χ1v) is 9.16. The second kappa shape index (κ2) is 8.49. The molecule has 0 saturated carbocycles. The first-order chi connectivity index (χ1) is 11.8. The van der Waals surface area contributed by atoms with Gasteiger partial charge in [0.15, 0.2) is 0 Å². The molecule has 1 aromatic carbocycles. The number of hydrogen-bond acceptors (Lipinski definition) is 4. The highest BCUT2D eigenvalue weighted by Gasteiger charge is 2.29. The van der Waals surface area contributed by atoms with Crippen molar-refractivity contribution in [3.63, 3.8) is 0 Å². The van der Waals surface area contributed by atoms with Crippen molar-refractivity contribution in [1.29, 1.82) is 0 Å². The van der Waals surface area contributed by atoms with E-state index in [9.17, 15) is 4.79 Å². The first-order valence-electron chi connectivity index (χ1n) is 9.16. The molecule has 2 aliphatic heterocycles. The fourth-order valence-corrected chi connectivity index (χ4v) is 3.78. The predicted octanol–water partition coefficient (Wildman–Crippen LogP) is 2.46. The average Bonchev–Trinajstić information content (AvgIpc) is 2.67. The minimum atomic E-state index is -0.181. The molecule has 2 aliphatic rings. The van der Waals surface area contributed by atoms with Gasteiger partial charge in [0.1, 0.15) is 6.61 Å². The van der Waals surface area contributed by atoms with E-state index in [4.69, 9.17) is 10.5 Å². The molecule has 2 saturated heterocycles. The minimum absolute atomic E-state index is 0.181. The smallest absolute Gasteiger partial charge is 0.410 e. The van der Waals surface area contributed by atoms with E-state index in [1.165, 1.54) is 12.8 Å². The Morgan fingerprint density at radius 1 is 1.04 bits per heavy atom. The number of hydrogen-bond donors (Lipinski definition) is 1. The summed E-state index contributed by atoms with van der Waals surface area (Å²) in [7, 11) is 0. The molecule has 5 heteroatoms. The summed E-state index contributed by atoms with van der Waals surface area (Å²) < 4.78 is 5.44. The van der Waals surface area contributed by atoms with Crippen LogP contribution in [-0.4, -0.2) is 54.7 Å². The summed E-state index contributed by atoms with van der Waals surface area (Å²) in [5.74, 6) is 0.703. The summed E-state index contributed by atoms with van der Waals surface area (Å²) in [6, 6.07) is 10.5. The summed E-state index contributed by atoms with van der Waals surface area (Å²) in [5.41, 5.74) is 6.80. The van der Waals surface area contributed by atoms with Crippen molar-refractivity contribution in [1.82, 2.24) is 9.80 Å². The lowest BCUT2D eigenvalue weighted by Gasteiger charge is -2.41. The summed E-state index contributed by atoms with van der Waals surface area (Å²) in [5, 5.41) is 0. The summed E-state index contributed by atoms with van der Waals surface area (Å²) in [4.78, 5) is 16.7. The molecule has 0 atom stereocenters. The van der Waals surface area contributed by atoms with Crippen LogP contribution in [0, 0.1) is 5.92 Å². The molecule has 0 bridgehead atoms. The van der Waals surface area contributed by atoms with E-state index < -0.39 is 0 Å². The van der Waals surface area contributed by atoms with Gasteiger partial charge in [-0.25, -0.2) is 4.79 Å². The molecule has 24 heavy (non-hydrogen) atoms. The van der Waals surface area contributed by atoms with Crippen molar-refractivity contribution < 1.29 is 9.53 Å². The van der Waals surface area contributed by atoms with Crippen LogP contribution in [0.25, 0.3) is 0 Å². The van der Waals surface area contributed by atoms with E-state index >= 15 is 0 Å². The summed E-state index contributed by atoms with van der Waals surface area (Å²) >= 11 is 0. The molecule has 0 aliphatic carbocycles. The highest BCUT2D eigenvalue weighted by Crippen LogP contribution is 2.23. The van der Waals surface area contributed by atoms with Gasteiger partial charge >= 0.3 is 6.09 Å². The van der Waals surface area contributed by atoms with Crippen molar-refractivity contribution in [2.24, 2.45) is 11.7 Å². The van der Waals surface area contributed by atoms with Gasteiger partial charge in [-0.2, -0.15) is 0 Å². The zero-order chi connectivity index (χ0) is 16.8. The third-order valence-corrected chi connectivity index (χ3v) is 5.43. The van der Waals surface area contributed by atoms with Crippen LogP contribution < -0.4 is 5.73 Å². The molecule has 1 aromatic rings. The maximum absolute atomic E-state index is 12.2. The lowest BCUT2D eigenvalue weighted by molar-refractivity contribution is 0.0573. The Labute approximate surface area is 144 Å². The van der Waals surface area contributed by atoms with Gasteiger partial charge in [-0.3, -0.25) is 0 Å². The molecule has 2 N–H and O–H groups in total. The Hall–Kier alpha value is -1.59. The maximum atomic E-state index is 12.2. The molecule has 0 aromatic heterocycles. The minimum Gasteiger partial charge on any atom is -0.445 e. The molecule has 0 unspecified atom stereocenters. The third-order valence-electron chi connectivity index (χ3n) is 5.43. The number of piperidine rings is 2. The number of carbonyl (C=O) groups is 1. The Kier molecular flexibility index (Phi) is 6.10. The van der Waals surface area contributed by atoms with Crippen LogP contribution in [-0.2, 0) is 11.3 Å². The van der Waals surface area contributed by atoms with E-state index in [1.54, 1.807) is 0 Å². The van der Waals surface area contributed by atoms with Crippen molar-refractivity contribution in [2.75, 3.05) is 32.7 Å². The molecule has 2 fully saturated rings. The number of ether oxygens (including phenoxy) is 1. The molecule has 0 radical (unpaired) electrons. The van der Waals surface area contributed by atoms with Gasteiger partial charge in [0.25, 0.3) is 0 Å². The largest absolute Gasteiger partial charge is 0.445 e. The fourth-order valence-electron chi connectivity index (χ4n) is 3.78. The average molecular weight is 331 g/mol. The second-order valence-electron chi connectivity index (χ2n) is 6.97. The predicted molar refractivity (Wildman–Crippen MR) is 94.6 cm³/mol.